The van der Waals surface area contributed by atoms with Crippen molar-refractivity contribution in [1.82, 2.24) is 0 Å². The number of carbonyl (C=O) groups excluding carboxylic acids is 2. The van der Waals surface area contributed by atoms with E-state index in [2.05, 4.69) is 0 Å². The topological polar surface area (TPSA) is 70.1 Å². The molecule has 2 fully saturated rings. The number of aromatic hydroxyl groups is 1. The molecule has 2 saturated heterocycles. The minimum absolute atomic E-state index is 0.134. The van der Waals surface area contributed by atoms with E-state index in [0.717, 1.165) is 11.3 Å². The van der Waals surface area contributed by atoms with Crippen molar-refractivity contribution in [3.8, 4) is 5.75 Å². The Morgan fingerprint density at radius 2 is 1.31 bits per heavy atom. The van der Waals surface area contributed by atoms with Crippen molar-refractivity contribution in [3.63, 3.8) is 0 Å². The largest absolute Gasteiger partial charge is 0.508 e. The van der Waals surface area contributed by atoms with Crippen LogP contribution in [0.15, 0.2) is 84.9 Å². The molecule has 0 saturated carbocycles. The van der Waals surface area contributed by atoms with E-state index in [0.29, 0.717) is 5.69 Å². The van der Waals surface area contributed by atoms with Crippen LogP contribution < -0.4 is 9.96 Å². The average molecular weight is 386 g/mol. The van der Waals surface area contributed by atoms with Gasteiger partial charge in [0.2, 0.25) is 5.91 Å². The smallest absolute Gasteiger partial charge is 0.266 e. The van der Waals surface area contributed by atoms with Gasteiger partial charge in [-0.2, -0.15) is 0 Å². The number of anilines is 2. The quantitative estimate of drug-likeness (QED) is 0.699. The molecule has 2 aliphatic rings. The number of para-hydroxylation sites is 2. The molecule has 6 nitrogen and oxygen atoms in total. The molecule has 0 radical (unpaired) electrons. The van der Waals surface area contributed by atoms with Crippen molar-refractivity contribution >= 4 is 23.2 Å². The number of fused-ring (bicyclic) bond motifs is 1. The number of phenolic OH excluding ortho intramolecular Hbond substituents is 1. The third-order valence-corrected chi connectivity index (χ3v) is 5.38. The van der Waals surface area contributed by atoms with Crippen LogP contribution in [0.1, 0.15) is 11.6 Å². The summed E-state index contributed by atoms with van der Waals surface area (Å²) >= 11 is 0. The first kappa shape index (κ1) is 17.5. The van der Waals surface area contributed by atoms with E-state index >= 15 is 0 Å². The standard InChI is InChI=1S/C23H18N2O4/c26-18-13-11-15(12-14-18)20-19-21(29-25(20)17-9-5-2-6-10-17)23(28)24(22(19)27)16-7-3-1-4-8-16/h1-14,19-21,26H/t19-,20-,21-/m1/s1. The number of benzene rings is 3. The highest BCUT2D eigenvalue weighted by Crippen LogP contribution is 2.47. The van der Waals surface area contributed by atoms with Crippen molar-refractivity contribution in [1.29, 1.82) is 0 Å². The summed E-state index contributed by atoms with van der Waals surface area (Å²) in [4.78, 5) is 33.8. The second-order valence-electron chi connectivity index (χ2n) is 7.10. The minimum Gasteiger partial charge on any atom is -0.508 e. The van der Waals surface area contributed by atoms with Crippen LogP contribution >= 0.6 is 0 Å². The minimum atomic E-state index is -0.901. The molecule has 0 aliphatic carbocycles. The molecule has 5 rings (SSSR count). The molecule has 3 aromatic carbocycles. The van der Waals surface area contributed by atoms with Gasteiger partial charge in [0, 0.05) is 0 Å². The van der Waals surface area contributed by atoms with Crippen LogP contribution in [0.4, 0.5) is 11.4 Å². The number of rotatable bonds is 3. The van der Waals surface area contributed by atoms with Crippen molar-refractivity contribution in [2.45, 2.75) is 12.1 Å². The van der Waals surface area contributed by atoms with Gasteiger partial charge in [-0.3, -0.25) is 14.4 Å². The van der Waals surface area contributed by atoms with Crippen molar-refractivity contribution < 1.29 is 19.5 Å². The number of phenols is 1. The zero-order chi connectivity index (χ0) is 20.0. The van der Waals surface area contributed by atoms with E-state index in [-0.39, 0.29) is 17.6 Å². The van der Waals surface area contributed by atoms with Gasteiger partial charge in [-0.1, -0.05) is 48.5 Å². The summed E-state index contributed by atoms with van der Waals surface area (Å²) in [6.45, 7) is 0. The summed E-state index contributed by atoms with van der Waals surface area (Å²) in [6.07, 6.45) is -0.901. The molecule has 2 aliphatic heterocycles. The second kappa shape index (κ2) is 6.76. The van der Waals surface area contributed by atoms with Crippen LogP contribution in [0, 0.1) is 5.92 Å². The van der Waals surface area contributed by atoms with Gasteiger partial charge in [0.1, 0.15) is 11.7 Å². The Labute approximate surface area is 167 Å². The molecule has 0 spiro atoms. The fourth-order valence-corrected chi connectivity index (χ4v) is 4.06. The normalized spacial score (nSPS) is 23.5. The maximum atomic E-state index is 13.4. The van der Waals surface area contributed by atoms with E-state index in [9.17, 15) is 14.7 Å². The third kappa shape index (κ3) is 2.77. The number of hydrogen-bond acceptors (Lipinski definition) is 5. The summed E-state index contributed by atoms with van der Waals surface area (Å²) in [6, 6.07) is 24.4. The second-order valence-corrected chi connectivity index (χ2v) is 7.10. The first-order valence-electron chi connectivity index (χ1n) is 9.38. The van der Waals surface area contributed by atoms with Crippen LogP contribution in [0.3, 0.4) is 0 Å². The lowest BCUT2D eigenvalue weighted by atomic mass is 9.90. The molecule has 2 heterocycles. The van der Waals surface area contributed by atoms with Gasteiger partial charge in [0.05, 0.1) is 17.4 Å². The molecular formula is C23H18N2O4. The first-order valence-corrected chi connectivity index (χ1v) is 9.38. The van der Waals surface area contributed by atoms with Gasteiger partial charge < -0.3 is 5.11 Å². The number of carbonyl (C=O) groups is 2. The van der Waals surface area contributed by atoms with Crippen LogP contribution in [-0.4, -0.2) is 23.0 Å². The molecule has 6 heteroatoms. The molecular weight excluding hydrogens is 368 g/mol. The van der Waals surface area contributed by atoms with E-state index in [1.54, 1.807) is 53.6 Å². The molecule has 2 amide bonds. The van der Waals surface area contributed by atoms with E-state index < -0.39 is 18.1 Å². The third-order valence-electron chi connectivity index (χ3n) is 5.38. The van der Waals surface area contributed by atoms with Crippen LogP contribution in [-0.2, 0) is 14.4 Å². The van der Waals surface area contributed by atoms with Gasteiger partial charge in [0.15, 0.2) is 6.10 Å². The van der Waals surface area contributed by atoms with Crippen LogP contribution in [0.25, 0.3) is 0 Å². The van der Waals surface area contributed by atoms with Gasteiger partial charge in [-0.25, -0.2) is 9.96 Å². The molecule has 144 valence electrons. The SMILES string of the molecule is O=C1[C@@H]2[C@@H](c3ccc(O)cc3)N(c3ccccc3)O[C@H]2C(=O)N1c1ccccc1. The Bertz CT molecular complexity index is 1050. The van der Waals surface area contributed by atoms with Gasteiger partial charge in [0.25, 0.3) is 5.91 Å². The molecule has 0 unspecified atom stereocenters. The first-order chi connectivity index (χ1) is 14.1. The summed E-state index contributed by atoms with van der Waals surface area (Å²) < 4.78 is 0. The lowest BCUT2D eigenvalue weighted by Crippen LogP contribution is -2.37. The lowest BCUT2D eigenvalue weighted by Gasteiger charge is -2.28. The van der Waals surface area contributed by atoms with Gasteiger partial charge >= 0.3 is 0 Å². The molecule has 0 aromatic heterocycles. The van der Waals surface area contributed by atoms with Crippen molar-refractivity contribution in [2.75, 3.05) is 9.96 Å². The highest BCUT2D eigenvalue weighted by atomic mass is 16.7. The predicted molar refractivity (Wildman–Crippen MR) is 107 cm³/mol. The van der Waals surface area contributed by atoms with Gasteiger partial charge in [-0.15, -0.1) is 0 Å². The fourth-order valence-electron chi connectivity index (χ4n) is 4.06. The van der Waals surface area contributed by atoms with Gasteiger partial charge in [-0.05, 0) is 42.0 Å². The number of amides is 2. The zero-order valence-corrected chi connectivity index (χ0v) is 15.4. The summed E-state index contributed by atoms with van der Waals surface area (Å²) in [5.74, 6) is -1.21. The maximum Gasteiger partial charge on any atom is 0.266 e. The molecule has 3 atom stereocenters. The Kier molecular flexibility index (Phi) is 4.07. The average Bonchev–Trinajstić information content (AvgIpc) is 3.26. The summed E-state index contributed by atoms with van der Waals surface area (Å²) in [5.41, 5.74) is 2.08. The Hall–Kier alpha value is -3.64. The molecule has 29 heavy (non-hydrogen) atoms. The van der Waals surface area contributed by atoms with E-state index in [1.165, 1.54) is 4.90 Å². The number of nitrogens with zero attached hydrogens (tertiary/aromatic N) is 2. The zero-order valence-electron chi connectivity index (χ0n) is 15.4. The van der Waals surface area contributed by atoms with Crippen molar-refractivity contribution in [3.05, 3.63) is 90.5 Å². The molecule has 1 N–H and O–H groups in total. The predicted octanol–water partition coefficient (Wildman–Crippen LogP) is 3.44. The lowest BCUT2D eigenvalue weighted by molar-refractivity contribution is -0.126. The maximum absolute atomic E-state index is 13.4. The monoisotopic (exact) mass is 386 g/mol. The highest BCUT2D eigenvalue weighted by Gasteiger charge is 2.60. The number of hydroxylamine groups is 1. The van der Waals surface area contributed by atoms with Crippen LogP contribution in [0.2, 0.25) is 0 Å². The van der Waals surface area contributed by atoms with Crippen LogP contribution in [0.5, 0.6) is 5.75 Å². The van der Waals surface area contributed by atoms with E-state index in [1.807, 2.05) is 36.4 Å². The Morgan fingerprint density at radius 1 is 0.724 bits per heavy atom. The number of imide groups is 1. The Morgan fingerprint density at radius 3 is 1.93 bits per heavy atom. The Balaban J connectivity index is 1.59. The van der Waals surface area contributed by atoms with Crippen molar-refractivity contribution in [2.24, 2.45) is 5.92 Å². The molecule has 0 bridgehead atoms. The highest BCUT2D eigenvalue weighted by molar-refractivity contribution is 6.23. The molecule has 3 aromatic rings. The number of hydrogen-bond donors (Lipinski definition) is 1. The fraction of sp³-hybridized carbons (Fsp3) is 0.130. The summed E-state index contributed by atoms with van der Waals surface area (Å²) in [7, 11) is 0. The summed E-state index contributed by atoms with van der Waals surface area (Å²) in [5, 5.41) is 11.3. The van der Waals surface area contributed by atoms with E-state index in [4.69, 9.17) is 4.84 Å².